The van der Waals surface area contributed by atoms with Gasteiger partial charge in [-0.3, -0.25) is 0 Å². The lowest BCUT2D eigenvalue weighted by Gasteiger charge is -2.14. The Morgan fingerprint density at radius 2 is 1.78 bits per heavy atom. The summed E-state index contributed by atoms with van der Waals surface area (Å²) in [7, 11) is 3.35. The highest BCUT2D eigenvalue weighted by Gasteiger charge is 2.04. The summed E-state index contributed by atoms with van der Waals surface area (Å²) in [6.07, 6.45) is 0. The van der Waals surface area contributed by atoms with Crippen LogP contribution in [0.15, 0.2) is 24.3 Å². The van der Waals surface area contributed by atoms with Crippen LogP contribution in [0.1, 0.15) is 18.5 Å². The van der Waals surface area contributed by atoms with Crippen molar-refractivity contribution < 1.29 is 14.2 Å². The predicted molar refractivity (Wildman–Crippen MR) is 72.1 cm³/mol. The summed E-state index contributed by atoms with van der Waals surface area (Å²) < 4.78 is 15.4. The molecule has 0 bridgehead atoms. The van der Waals surface area contributed by atoms with Crippen LogP contribution in [0.2, 0.25) is 0 Å². The Kier molecular flexibility index (Phi) is 7.41. The van der Waals surface area contributed by atoms with Gasteiger partial charge in [-0.1, -0.05) is 12.1 Å². The van der Waals surface area contributed by atoms with Gasteiger partial charge in [0.25, 0.3) is 0 Å². The average Bonchev–Trinajstić information content (AvgIpc) is 2.42. The van der Waals surface area contributed by atoms with E-state index >= 15 is 0 Å². The molecule has 1 aromatic rings. The Bertz CT molecular complexity index is 313. The smallest absolute Gasteiger partial charge is 0.118 e. The van der Waals surface area contributed by atoms with Gasteiger partial charge in [0.1, 0.15) is 5.75 Å². The highest BCUT2D eigenvalue weighted by Crippen LogP contribution is 2.16. The zero-order valence-electron chi connectivity index (χ0n) is 11.4. The summed E-state index contributed by atoms with van der Waals surface area (Å²) in [6, 6.07) is 8.40. The third kappa shape index (κ3) is 5.49. The molecule has 102 valence electrons. The Balaban J connectivity index is 2.21. The van der Waals surface area contributed by atoms with Gasteiger partial charge in [-0.2, -0.15) is 0 Å². The zero-order chi connectivity index (χ0) is 13.2. The first-order chi connectivity index (χ1) is 8.77. The largest absolute Gasteiger partial charge is 0.497 e. The SMILES string of the molecule is COCCOCCNC(C)c1ccc(OC)cc1. The maximum Gasteiger partial charge on any atom is 0.118 e. The summed E-state index contributed by atoms with van der Waals surface area (Å²) in [4.78, 5) is 0. The fourth-order valence-electron chi connectivity index (χ4n) is 1.60. The maximum absolute atomic E-state index is 5.39. The van der Waals surface area contributed by atoms with E-state index in [9.17, 15) is 0 Å². The van der Waals surface area contributed by atoms with Crippen molar-refractivity contribution in [2.24, 2.45) is 0 Å². The van der Waals surface area contributed by atoms with Crippen LogP contribution in [-0.4, -0.2) is 40.6 Å². The van der Waals surface area contributed by atoms with Gasteiger partial charge in [-0.15, -0.1) is 0 Å². The Hall–Kier alpha value is -1.10. The molecule has 4 nitrogen and oxygen atoms in total. The van der Waals surface area contributed by atoms with Crippen LogP contribution in [0.3, 0.4) is 0 Å². The maximum atomic E-state index is 5.39. The van der Waals surface area contributed by atoms with Crippen molar-refractivity contribution in [1.29, 1.82) is 0 Å². The van der Waals surface area contributed by atoms with E-state index in [4.69, 9.17) is 14.2 Å². The normalized spacial score (nSPS) is 12.4. The van der Waals surface area contributed by atoms with E-state index in [1.807, 2.05) is 12.1 Å². The minimum absolute atomic E-state index is 0.307. The molecule has 0 aromatic heterocycles. The number of methoxy groups -OCH3 is 2. The molecule has 0 saturated heterocycles. The predicted octanol–water partition coefficient (Wildman–Crippen LogP) is 2.01. The average molecular weight is 253 g/mol. The van der Waals surface area contributed by atoms with Crippen molar-refractivity contribution in [1.82, 2.24) is 5.32 Å². The van der Waals surface area contributed by atoms with Crippen molar-refractivity contribution >= 4 is 0 Å². The Morgan fingerprint density at radius 1 is 1.06 bits per heavy atom. The number of rotatable bonds is 9. The second kappa shape index (κ2) is 8.91. The Labute approximate surface area is 109 Å². The van der Waals surface area contributed by atoms with E-state index in [2.05, 4.69) is 24.4 Å². The summed E-state index contributed by atoms with van der Waals surface area (Å²) in [6.45, 7) is 4.96. The molecule has 18 heavy (non-hydrogen) atoms. The quantitative estimate of drug-likeness (QED) is 0.683. The van der Waals surface area contributed by atoms with Crippen LogP contribution in [0.5, 0.6) is 5.75 Å². The van der Waals surface area contributed by atoms with Crippen LogP contribution >= 0.6 is 0 Å². The number of hydrogen-bond donors (Lipinski definition) is 1. The van der Waals surface area contributed by atoms with Gasteiger partial charge < -0.3 is 19.5 Å². The highest BCUT2D eigenvalue weighted by molar-refractivity contribution is 5.28. The first kappa shape index (κ1) is 15.0. The molecule has 0 saturated carbocycles. The van der Waals surface area contributed by atoms with Crippen LogP contribution in [0.4, 0.5) is 0 Å². The molecule has 0 aliphatic heterocycles. The molecule has 0 spiro atoms. The minimum Gasteiger partial charge on any atom is -0.497 e. The number of hydrogen-bond acceptors (Lipinski definition) is 4. The zero-order valence-corrected chi connectivity index (χ0v) is 11.4. The molecule has 0 aliphatic rings. The monoisotopic (exact) mass is 253 g/mol. The van der Waals surface area contributed by atoms with Gasteiger partial charge in [0.05, 0.1) is 26.9 Å². The van der Waals surface area contributed by atoms with Gasteiger partial charge in [0, 0.05) is 19.7 Å². The molecule has 0 radical (unpaired) electrons. The van der Waals surface area contributed by atoms with E-state index in [-0.39, 0.29) is 0 Å². The van der Waals surface area contributed by atoms with Crippen molar-refractivity contribution in [2.75, 3.05) is 40.6 Å². The summed E-state index contributed by atoms with van der Waals surface area (Å²) in [5, 5.41) is 3.41. The van der Waals surface area contributed by atoms with Gasteiger partial charge in [-0.25, -0.2) is 0 Å². The van der Waals surface area contributed by atoms with E-state index in [0.29, 0.717) is 25.9 Å². The second-order valence-electron chi connectivity index (χ2n) is 4.05. The molecule has 4 heteroatoms. The number of ether oxygens (including phenoxy) is 3. The minimum atomic E-state index is 0.307. The van der Waals surface area contributed by atoms with Crippen LogP contribution in [0.25, 0.3) is 0 Å². The van der Waals surface area contributed by atoms with Crippen molar-refractivity contribution in [3.05, 3.63) is 29.8 Å². The lowest BCUT2D eigenvalue weighted by Crippen LogP contribution is -2.23. The van der Waals surface area contributed by atoms with Crippen LogP contribution in [-0.2, 0) is 9.47 Å². The summed E-state index contributed by atoms with van der Waals surface area (Å²) in [5.74, 6) is 0.883. The van der Waals surface area contributed by atoms with Gasteiger partial charge in [0.2, 0.25) is 0 Å². The molecule has 0 fully saturated rings. The fraction of sp³-hybridized carbons (Fsp3) is 0.571. The lowest BCUT2D eigenvalue weighted by atomic mass is 10.1. The molecule has 1 aromatic carbocycles. The van der Waals surface area contributed by atoms with Gasteiger partial charge >= 0.3 is 0 Å². The molecule has 0 aliphatic carbocycles. The second-order valence-corrected chi connectivity index (χ2v) is 4.05. The lowest BCUT2D eigenvalue weighted by molar-refractivity contribution is 0.0712. The van der Waals surface area contributed by atoms with E-state index in [0.717, 1.165) is 12.3 Å². The van der Waals surface area contributed by atoms with Gasteiger partial charge in [0.15, 0.2) is 0 Å². The molecular formula is C14H23NO3. The molecule has 1 rings (SSSR count). The molecular weight excluding hydrogens is 230 g/mol. The van der Waals surface area contributed by atoms with Crippen molar-refractivity contribution in [3.63, 3.8) is 0 Å². The number of benzene rings is 1. The fourth-order valence-corrected chi connectivity index (χ4v) is 1.60. The number of nitrogens with one attached hydrogen (secondary N) is 1. The van der Waals surface area contributed by atoms with E-state index in [1.54, 1.807) is 14.2 Å². The molecule has 0 heterocycles. The topological polar surface area (TPSA) is 39.7 Å². The van der Waals surface area contributed by atoms with Crippen molar-refractivity contribution in [3.8, 4) is 5.75 Å². The van der Waals surface area contributed by atoms with Gasteiger partial charge in [-0.05, 0) is 24.6 Å². The third-order valence-corrected chi connectivity index (χ3v) is 2.74. The first-order valence-corrected chi connectivity index (χ1v) is 6.22. The Morgan fingerprint density at radius 3 is 2.39 bits per heavy atom. The third-order valence-electron chi connectivity index (χ3n) is 2.74. The summed E-state index contributed by atoms with van der Waals surface area (Å²) in [5.41, 5.74) is 1.24. The standard InChI is InChI=1S/C14H23NO3/c1-12(15-8-9-18-11-10-16-2)13-4-6-14(17-3)7-5-13/h4-7,12,15H,8-11H2,1-3H3. The molecule has 1 atom stereocenters. The highest BCUT2D eigenvalue weighted by atomic mass is 16.5. The van der Waals surface area contributed by atoms with Crippen molar-refractivity contribution in [2.45, 2.75) is 13.0 Å². The summed E-state index contributed by atoms with van der Waals surface area (Å²) >= 11 is 0. The first-order valence-electron chi connectivity index (χ1n) is 6.22. The van der Waals surface area contributed by atoms with Crippen LogP contribution < -0.4 is 10.1 Å². The molecule has 1 unspecified atom stereocenters. The molecule has 0 amide bonds. The van der Waals surface area contributed by atoms with E-state index in [1.165, 1.54) is 5.56 Å². The molecule has 1 N–H and O–H groups in total. The van der Waals surface area contributed by atoms with E-state index < -0.39 is 0 Å². The van der Waals surface area contributed by atoms with Crippen LogP contribution in [0, 0.1) is 0 Å².